The molecule has 0 amide bonds. The van der Waals surface area contributed by atoms with Crippen LogP contribution in [0, 0.1) is 0 Å². The molecule has 0 aliphatic rings. The van der Waals surface area contributed by atoms with Crippen molar-refractivity contribution in [2.24, 2.45) is 0 Å². The highest BCUT2D eigenvalue weighted by molar-refractivity contribution is 7.13. The van der Waals surface area contributed by atoms with Crippen molar-refractivity contribution in [3.8, 4) is 10.7 Å². The Bertz CT molecular complexity index is 518. The van der Waals surface area contributed by atoms with Gasteiger partial charge in [-0.2, -0.15) is 5.10 Å². The van der Waals surface area contributed by atoms with Gasteiger partial charge in [0.1, 0.15) is 5.01 Å². The molecule has 6 heteroatoms. The molecular weight excluding hydrogens is 238 g/mol. The molecule has 0 spiro atoms. The van der Waals surface area contributed by atoms with Crippen LogP contribution in [-0.4, -0.2) is 27.3 Å². The summed E-state index contributed by atoms with van der Waals surface area (Å²) in [6, 6.07) is 1.89. The topological polar surface area (TPSA) is 57.0 Å². The molecule has 5 nitrogen and oxygen atoms in total. The van der Waals surface area contributed by atoms with Gasteiger partial charge in [0.2, 0.25) is 0 Å². The Morgan fingerprint density at radius 1 is 1.53 bits per heavy atom. The highest BCUT2D eigenvalue weighted by atomic mass is 32.1. The first-order valence-corrected chi connectivity index (χ1v) is 6.29. The Morgan fingerprint density at radius 3 is 3.06 bits per heavy atom. The van der Waals surface area contributed by atoms with E-state index in [0.717, 1.165) is 17.2 Å². The van der Waals surface area contributed by atoms with Crippen LogP contribution in [0.25, 0.3) is 10.7 Å². The third-order valence-electron chi connectivity index (χ3n) is 2.22. The second-order valence-corrected chi connectivity index (χ2v) is 4.15. The van der Waals surface area contributed by atoms with Gasteiger partial charge in [-0.05, 0) is 19.9 Å². The van der Waals surface area contributed by atoms with Gasteiger partial charge in [0.15, 0.2) is 5.69 Å². The summed E-state index contributed by atoms with van der Waals surface area (Å²) in [5.74, 6) is -0.377. The van der Waals surface area contributed by atoms with Gasteiger partial charge in [-0.25, -0.2) is 9.78 Å². The summed E-state index contributed by atoms with van der Waals surface area (Å²) in [6.45, 7) is 4.92. The Balaban J connectivity index is 2.27. The average molecular weight is 251 g/mol. The molecule has 0 saturated carbocycles. The zero-order chi connectivity index (χ0) is 12.3. The van der Waals surface area contributed by atoms with Gasteiger partial charge >= 0.3 is 5.97 Å². The number of aromatic nitrogens is 3. The highest BCUT2D eigenvalue weighted by Gasteiger charge is 2.14. The minimum atomic E-state index is -0.377. The predicted molar refractivity (Wildman–Crippen MR) is 65.0 cm³/mol. The number of hydrogen-bond acceptors (Lipinski definition) is 5. The molecule has 0 radical (unpaired) electrons. The third kappa shape index (κ3) is 2.36. The summed E-state index contributed by atoms with van der Waals surface area (Å²) in [4.78, 5) is 15.7. The molecule has 0 saturated heterocycles. The lowest BCUT2D eigenvalue weighted by Gasteiger charge is -2.00. The number of esters is 1. The number of nitrogens with zero attached hydrogens (tertiary/aromatic N) is 3. The molecule has 0 aromatic carbocycles. The predicted octanol–water partition coefficient (Wildman–Crippen LogP) is 2.20. The lowest BCUT2D eigenvalue weighted by Crippen LogP contribution is -2.05. The van der Waals surface area contributed by atoms with Gasteiger partial charge in [0.05, 0.1) is 12.3 Å². The van der Waals surface area contributed by atoms with E-state index in [9.17, 15) is 4.79 Å². The first-order chi connectivity index (χ1) is 8.26. The Labute approximate surface area is 103 Å². The van der Waals surface area contributed by atoms with Crippen LogP contribution in [-0.2, 0) is 11.3 Å². The van der Waals surface area contributed by atoms with Gasteiger partial charge in [-0.1, -0.05) is 0 Å². The van der Waals surface area contributed by atoms with E-state index in [1.165, 1.54) is 11.3 Å². The molecule has 0 atom stereocenters. The van der Waals surface area contributed by atoms with Crippen molar-refractivity contribution in [3.63, 3.8) is 0 Å². The van der Waals surface area contributed by atoms with Crippen molar-refractivity contribution in [3.05, 3.63) is 23.3 Å². The van der Waals surface area contributed by atoms with Crippen molar-refractivity contribution in [1.29, 1.82) is 0 Å². The molecule has 0 aliphatic carbocycles. The van der Waals surface area contributed by atoms with Gasteiger partial charge in [-0.15, -0.1) is 11.3 Å². The van der Waals surface area contributed by atoms with Crippen molar-refractivity contribution in [2.75, 3.05) is 6.61 Å². The van der Waals surface area contributed by atoms with E-state index >= 15 is 0 Å². The maximum atomic E-state index is 11.5. The SMILES string of the molecule is CCOC(=O)c1csc(-c2ccnn2CC)n1. The van der Waals surface area contributed by atoms with Crippen LogP contribution in [0.1, 0.15) is 24.3 Å². The van der Waals surface area contributed by atoms with Crippen molar-refractivity contribution >= 4 is 17.3 Å². The quantitative estimate of drug-likeness (QED) is 0.782. The number of hydrogen-bond donors (Lipinski definition) is 0. The summed E-state index contributed by atoms with van der Waals surface area (Å²) >= 11 is 1.42. The zero-order valence-electron chi connectivity index (χ0n) is 9.71. The molecule has 2 rings (SSSR count). The first kappa shape index (κ1) is 11.8. The largest absolute Gasteiger partial charge is 0.461 e. The van der Waals surface area contributed by atoms with E-state index in [0.29, 0.717) is 12.3 Å². The van der Waals surface area contributed by atoms with Crippen LogP contribution in [0.5, 0.6) is 0 Å². The third-order valence-corrected chi connectivity index (χ3v) is 3.09. The summed E-state index contributed by atoms with van der Waals surface area (Å²) in [5.41, 5.74) is 1.28. The standard InChI is InChI=1S/C11H13N3O2S/c1-3-14-9(5-6-12-14)10-13-8(7-17-10)11(15)16-4-2/h5-7H,3-4H2,1-2H3. The van der Waals surface area contributed by atoms with Gasteiger partial charge in [-0.3, -0.25) is 4.68 Å². The summed E-state index contributed by atoms with van der Waals surface area (Å²) < 4.78 is 6.74. The van der Waals surface area contributed by atoms with E-state index in [-0.39, 0.29) is 5.97 Å². The van der Waals surface area contributed by atoms with Crippen LogP contribution in [0.2, 0.25) is 0 Å². The van der Waals surface area contributed by atoms with Crippen LogP contribution in [0.3, 0.4) is 0 Å². The molecule has 0 fully saturated rings. The maximum absolute atomic E-state index is 11.5. The zero-order valence-corrected chi connectivity index (χ0v) is 10.5. The molecule has 2 heterocycles. The van der Waals surface area contributed by atoms with Crippen molar-refractivity contribution in [1.82, 2.24) is 14.8 Å². The molecule has 0 bridgehead atoms. The summed E-state index contributed by atoms with van der Waals surface area (Å²) in [5, 5.41) is 6.66. The van der Waals surface area contributed by atoms with E-state index < -0.39 is 0 Å². The molecular formula is C11H13N3O2S. The minimum absolute atomic E-state index is 0.357. The number of thiazole rings is 1. The van der Waals surface area contributed by atoms with Crippen molar-refractivity contribution in [2.45, 2.75) is 20.4 Å². The highest BCUT2D eigenvalue weighted by Crippen LogP contribution is 2.23. The summed E-state index contributed by atoms with van der Waals surface area (Å²) in [6.07, 6.45) is 1.73. The number of aryl methyl sites for hydroxylation is 1. The molecule has 17 heavy (non-hydrogen) atoms. The lowest BCUT2D eigenvalue weighted by molar-refractivity contribution is 0.0520. The van der Waals surface area contributed by atoms with Crippen LogP contribution in [0.4, 0.5) is 0 Å². The fraction of sp³-hybridized carbons (Fsp3) is 0.364. The first-order valence-electron chi connectivity index (χ1n) is 5.41. The van der Waals surface area contributed by atoms with E-state index in [1.807, 2.05) is 17.7 Å². The van der Waals surface area contributed by atoms with E-state index in [4.69, 9.17) is 4.74 Å². The Morgan fingerprint density at radius 2 is 2.35 bits per heavy atom. The van der Waals surface area contributed by atoms with E-state index in [2.05, 4.69) is 10.1 Å². The average Bonchev–Trinajstić information content (AvgIpc) is 2.97. The van der Waals surface area contributed by atoms with Crippen LogP contribution in [0.15, 0.2) is 17.6 Å². The molecule has 2 aromatic heterocycles. The molecule has 0 unspecified atom stereocenters. The number of carbonyl (C=O) groups is 1. The van der Waals surface area contributed by atoms with Crippen LogP contribution >= 0.6 is 11.3 Å². The molecule has 0 N–H and O–H groups in total. The fourth-order valence-corrected chi connectivity index (χ4v) is 2.27. The van der Waals surface area contributed by atoms with Gasteiger partial charge in [0.25, 0.3) is 0 Å². The smallest absolute Gasteiger partial charge is 0.357 e. The second kappa shape index (κ2) is 5.09. The molecule has 90 valence electrons. The number of carbonyl (C=O) groups excluding carboxylic acids is 1. The van der Waals surface area contributed by atoms with E-state index in [1.54, 1.807) is 18.5 Å². The fourth-order valence-electron chi connectivity index (χ4n) is 1.46. The van der Waals surface area contributed by atoms with Crippen LogP contribution < -0.4 is 0 Å². The normalized spacial score (nSPS) is 10.5. The maximum Gasteiger partial charge on any atom is 0.357 e. The monoisotopic (exact) mass is 251 g/mol. The van der Waals surface area contributed by atoms with Gasteiger partial charge in [0, 0.05) is 18.1 Å². The van der Waals surface area contributed by atoms with Crippen molar-refractivity contribution < 1.29 is 9.53 Å². The van der Waals surface area contributed by atoms with Gasteiger partial charge < -0.3 is 4.74 Å². The minimum Gasteiger partial charge on any atom is -0.461 e. The number of ether oxygens (including phenoxy) is 1. The molecule has 2 aromatic rings. The second-order valence-electron chi connectivity index (χ2n) is 3.29. The Hall–Kier alpha value is -1.69. The number of rotatable bonds is 4. The Kier molecular flexibility index (Phi) is 3.53. The molecule has 0 aliphatic heterocycles. The lowest BCUT2D eigenvalue weighted by atomic mass is 10.4. The summed E-state index contributed by atoms with van der Waals surface area (Å²) in [7, 11) is 0.